The highest BCUT2D eigenvalue weighted by atomic mass is 35.5. The van der Waals surface area contributed by atoms with Crippen LogP contribution in [0.4, 0.5) is 8.78 Å². The molecule has 4 heteroatoms. The zero-order valence-corrected chi connectivity index (χ0v) is 10.6. The van der Waals surface area contributed by atoms with E-state index < -0.39 is 11.7 Å². The lowest BCUT2D eigenvalue weighted by Gasteiger charge is -2.02. The molecule has 0 aliphatic carbocycles. The average Bonchev–Trinajstić information content (AvgIpc) is 2.39. The van der Waals surface area contributed by atoms with Crippen molar-refractivity contribution in [3.63, 3.8) is 0 Å². The van der Waals surface area contributed by atoms with Crippen molar-refractivity contribution in [3.8, 4) is 0 Å². The van der Waals surface area contributed by atoms with E-state index in [1.165, 1.54) is 48.5 Å². The summed E-state index contributed by atoms with van der Waals surface area (Å²) in [5.74, 6) is -1.84. The number of rotatable bonds is 2. The van der Waals surface area contributed by atoms with Gasteiger partial charge in [0.15, 0.2) is 11.7 Å². The van der Waals surface area contributed by atoms with Crippen LogP contribution in [-0.2, 0) is 0 Å². The Hall–Kier alpha value is -1.38. The molecule has 0 nitrogen and oxygen atoms in total. The molecule has 0 amide bonds. The summed E-state index contributed by atoms with van der Waals surface area (Å²) in [6.07, 6.45) is 0. The lowest BCUT2D eigenvalue weighted by molar-refractivity contribution is 0.700. The second kappa shape index (κ2) is 5.51. The standard InChI is InChI=1S/C14H8Cl2F2/c15-11-5-1-9(2-6-11)13(17)14(18)10-3-7-12(16)8-4-10/h1-8H. The van der Waals surface area contributed by atoms with Gasteiger partial charge >= 0.3 is 0 Å². The van der Waals surface area contributed by atoms with Gasteiger partial charge in [-0.3, -0.25) is 0 Å². The topological polar surface area (TPSA) is 0 Å². The number of benzene rings is 2. The molecule has 0 aliphatic heterocycles. The molecule has 92 valence electrons. The quantitative estimate of drug-likeness (QED) is 0.615. The van der Waals surface area contributed by atoms with Gasteiger partial charge in [0.2, 0.25) is 0 Å². The maximum absolute atomic E-state index is 13.9. The molecular formula is C14H8Cl2F2. The first kappa shape index (κ1) is 13.1. The van der Waals surface area contributed by atoms with E-state index in [0.717, 1.165) is 0 Å². The summed E-state index contributed by atoms with van der Waals surface area (Å²) in [6, 6.07) is 11.7. The molecule has 0 aliphatic rings. The van der Waals surface area contributed by atoms with E-state index in [9.17, 15) is 8.78 Å². The van der Waals surface area contributed by atoms with Crippen LogP contribution in [0.3, 0.4) is 0 Å². The van der Waals surface area contributed by atoms with Crippen LogP contribution in [0.15, 0.2) is 48.5 Å². The lowest BCUT2D eigenvalue weighted by atomic mass is 10.1. The zero-order chi connectivity index (χ0) is 13.1. The Morgan fingerprint density at radius 3 is 1.17 bits per heavy atom. The van der Waals surface area contributed by atoms with Crippen molar-refractivity contribution in [2.45, 2.75) is 0 Å². The minimum absolute atomic E-state index is 0.145. The lowest BCUT2D eigenvalue weighted by Crippen LogP contribution is -1.84. The van der Waals surface area contributed by atoms with Gasteiger partial charge in [0.1, 0.15) is 0 Å². The van der Waals surface area contributed by atoms with E-state index >= 15 is 0 Å². The first-order chi connectivity index (χ1) is 8.58. The normalized spacial score (nSPS) is 12.2. The molecule has 2 aromatic rings. The Morgan fingerprint density at radius 2 is 0.889 bits per heavy atom. The van der Waals surface area contributed by atoms with Crippen LogP contribution in [0.1, 0.15) is 11.1 Å². The maximum atomic E-state index is 13.9. The summed E-state index contributed by atoms with van der Waals surface area (Å²) in [4.78, 5) is 0. The number of hydrogen-bond donors (Lipinski definition) is 0. The fourth-order valence-electron chi connectivity index (χ4n) is 1.45. The highest BCUT2D eigenvalue weighted by Crippen LogP contribution is 2.29. The molecule has 0 saturated heterocycles. The highest BCUT2D eigenvalue weighted by molar-refractivity contribution is 6.30. The van der Waals surface area contributed by atoms with E-state index in [0.29, 0.717) is 10.0 Å². The number of hydrogen-bond acceptors (Lipinski definition) is 0. The first-order valence-corrected chi connectivity index (χ1v) is 5.90. The zero-order valence-electron chi connectivity index (χ0n) is 9.13. The fraction of sp³-hybridized carbons (Fsp3) is 0. The summed E-state index contributed by atoms with van der Waals surface area (Å²) >= 11 is 11.4. The Morgan fingerprint density at radius 1 is 0.611 bits per heavy atom. The average molecular weight is 285 g/mol. The second-order valence-electron chi connectivity index (χ2n) is 3.64. The van der Waals surface area contributed by atoms with Crippen molar-refractivity contribution in [1.82, 2.24) is 0 Å². The van der Waals surface area contributed by atoms with E-state index in [1.807, 2.05) is 0 Å². The first-order valence-electron chi connectivity index (χ1n) is 5.15. The van der Waals surface area contributed by atoms with Crippen LogP contribution >= 0.6 is 23.2 Å². The van der Waals surface area contributed by atoms with Crippen LogP contribution in [0.5, 0.6) is 0 Å². The third-order valence-corrected chi connectivity index (χ3v) is 2.89. The summed E-state index contributed by atoms with van der Waals surface area (Å²) in [5, 5.41) is 0.942. The van der Waals surface area contributed by atoms with Crippen LogP contribution in [0.2, 0.25) is 10.0 Å². The Kier molecular flexibility index (Phi) is 4.00. The van der Waals surface area contributed by atoms with Crippen molar-refractivity contribution in [3.05, 3.63) is 69.7 Å². The molecule has 18 heavy (non-hydrogen) atoms. The van der Waals surface area contributed by atoms with Crippen LogP contribution in [-0.4, -0.2) is 0 Å². The smallest absolute Gasteiger partial charge is 0.166 e. The molecule has 0 unspecified atom stereocenters. The molecule has 0 bridgehead atoms. The third-order valence-electron chi connectivity index (χ3n) is 2.39. The van der Waals surface area contributed by atoms with Crippen molar-refractivity contribution in [2.24, 2.45) is 0 Å². The summed E-state index contributed by atoms with van der Waals surface area (Å²) in [6.45, 7) is 0. The van der Waals surface area contributed by atoms with Crippen molar-refractivity contribution >= 4 is 34.9 Å². The molecular weight excluding hydrogens is 277 g/mol. The molecule has 0 N–H and O–H groups in total. The summed E-state index contributed by atoms with van der Waals surface area (Å²) in [7, 11) is 0. The predicted molar refractivity (Wildman–Crippen MR) is 71.9 cm³/mol. The van der Waals surface area contributed by atoms with Crippen molar-refractivity contribution < 1.29 is 8.78 Å². The molecule has 0 radical (unpaired) electrons. The summed E-state index contributed by atoms with van der Waals surface area (Å²) < 4.78 is 27.8. The molecule has 2 rings (SSSR count). The van der Waals surface area contributed by atoms with Crippen LogP contribution < -0.4 is 0 Å². The molecule has 0 atom stereocenters. The Bertz CT molecular complexity index is 518. The van der Waals surface area contributed by atoms with Gasteiger partial charge in [-0.15, -0.1) is 0 Å². The molecule has 0 heterocycles. The molecule has 0 saturated carbocycles. The van der Waals surface area contributed by atoms with Gasteiger partial charge < -0.3 is 0 Å². The molecule has 0 spiro atoms. The minimum atomic E-state index is -0.922. The Labute approximate surface area is 113 Å². The van der Waals surface area contributed by atoms with E-state index in [4.69, 9.17) is 23.2 Å². The van der Waals surface area contributed by atoms with E-state index in [-0.39, 0.29) is 11.1 Å². The molecule has 0 fully saturated rings. The van der Waals surface area contributed by atoms with Gasteiger partial charge in [-0.25, -0.2) is 8.78 Å². The van der Waals surface area contributed by atoms with Gasteiger partial charge in [-0.1, -0.05) is 47.5 Å². The monoisotopic (exact) mass is 284 g/mol. The Balaban J connectivity index is 2.40. The van der Waals surface area contributed by atoms with Gasteiger partial charge in [0.25, 0.3) is 0 Å². The van der Waals surface area contributed by atoms with Gasteiger partial charge in [-0.05, 0) is 24.3 Å². The largest absolute Gasteiger partial charge is 0.203 e. The van der Waals surface area contributed by atoms with Gasteiger partial charge in [0.05, 0.1) is 0 Å². The van der Waals surface area contributed by atoms with E-state index in [2.05, 4.69) is 0 Å². The predicted octanol–water partition coefficient (Wildman–Crippen LogP) is 5.76. The minimum Gasteiger partial charge on any atom is -0.203 e. The highest BCUT2D eigenvalue weighted by Gasteiger charge is 2.11. The second-order valence-corrected chi connectivity index (χ2v) is 4.51. The number of halogens is 4. The molecule has 0 aromatic heterocycles. The molecule has 2 aromatic carbocycles. The van der Waals surface area contributed by atoms with Crippen LogP contribution in [0.25, 0.3) is 11.7 Å². The fourth-order valence-corrected chi connectivity index (χ4v) is 1.70. The summed E-state index contributed by atoms with van der Waals surface area (Å²) in [5.41, 5.74) is 0.290. The third kappa shape index (κ3) is 2.89. The van der Waals surface area contributed by atoms with E-state index in [1.54, 1.807) is 0 Å². The maximum Gasteiger partial charge on any atom is 0.166 e. The van der Waals surface area contributed by atoms with Crippen LogP contribution in [0, 0.1) is 0 Å². The SMILES string of the molecule is FC(=C(F)c1ccc(Cl)cc1)c1ccc(Cl)cc1. The van der Waals surface area contributed by atoms with Gasteiger partial charge in [-0.2, -0.15) is 0 Å². The van der Waals surface area contributed by atoms with Crippen molar-refractivity contribution in [2.75, 3.05) is 0 Å². The van der Waals surface area contributed by atoms with Gasteiger partial charge in [0, 0.05) is 21.2 Å². The van der Waals surface area contributed by atoms with Crippen molar-refractivity contribution in [1.29, 1.82) is 0 Å².